The lowest BCUT2D eigenvalue weighted by Gasteiger charge is -2.12. The number of carboxylic acid groups (broad SMARTS) is 1. The molecular formula is C17H14O4. The molecule has 4 heteroatoms. The van der Waals surface area contributed by atoms with E-state index in [0.29, 0.717) is 16.9 Å². The molecule has 0 radical (unpaired) electrons. The van der Waals surface area contributed by atoms with Crippen molar-refractivity contribution in [1.82, 2.24) is 0 Å². The van der Waals surface area contributed by atoms with Crippen LogP contribution in [0.4, 0.5) is 0 Å². The molecule has 3 aromatic carbocycles. The Morgan fingerprint density at radius 1 is 0.905 bits per heavy atom. The van der Waals surface area contributed by atoms with Gasteiger partial charge in [-0.15, -0.1) is 0 Å². The van der Waals surface area contributed by atoms with Crippen LogP contribution in [0.25, 0.3) is 21.5 Å². The monoisotopic (exact) mass is 282 g/mol. The zero-order chi connectivity index (χ0) is 15.0. The number of fused-ring (bicyclic) bond motifs is 3. The zero-order valence-corrected chi connectivity index (χ0v) is 11.7. The Bertz CT molecular complexity index is 852. The second-order valence-electron chi connectivity index (χ2n) is 4.70. The van der Waals surface area contributed by atoms with E-state index in [1.165, 1.54) is 0 Å². The van der Waals surface area contributed by atoms with Gasteiger partial charge >= 0.3 is 5.97 Å². The summed E-state index contributed by atoms with van der Waals surface area (Å²) in [5.74, 6) is 0.262. The first kappa shape index (κ1) is 13.2. The first-order chi connectivity index (χ1) is 10.2. The van der Waals surface area contributed by atoms with Crippen molar-refractivity contribution < 1.29 is 19.4 Å². The third-order valence-electron chi connectivity index (χ3n) is 3.59. The molecule has 0 amide bonds. The smallest absolute Gasteiger partial charge is 0.336 e. The van der Waals surface area contributed by atoms with Gasteiger partial charge in [-0.05, 0) is 39.7 Å². The van der Waals surface area contributed by atoms with Crippen LogP contribution in [0.2, 0.25) is 0 Å². The SMILES string of the molecule is COc1cc2cc(C(=O)O)c3ccccc3c2cc1OC. The minimum absolute atomic E-state index is 0.283. The highest BCUT2D eigenvalue weighted by Crippen LogP contribution is 2.37. The summed E-state index contributed by atoms with van der Waals surface area (Å²) in [6, 6.07) is 12.8. The van der Waals surface area contributed by atoms with E-state index in [9.17, 15) is 9.90 Å². The molecule has 0 aliphatic heterocycles. The highest BCUT2D eigenvalue weighted by Gasteiger charge is 2.14. The molecule has 0 fully saturated rings. The lowest BCUT2D eigenvalue weighted by Crippen LogP contribution is -1.98. The molecule has 3 aromatic rings. The predicted molar refractivity (Wildman–Crippen MR) is 81.5 cm³/mol. The lowest BCUT2D eigenvalue weighted by molar-refractivity contribution is 0.0699. The van der Waals surface area contributed by atoms with Crippen molar-refractivity contribution in [3.63, 3.8) is 0 Å². The second-order valence-corrected chi connectivity index (χ2v) is 4.70. The summed E-state index contributed by atoms with van der Waals surface area (Å²) in [5, 5.41) is 12.8. The third kappa shape index (κ3) is 2.05. The number of ether oxygens (including phenoxy) is 2. The van der Waals surface area contributed by atoms with Crippen LogP contribution in [0.5, 0.6) is 11.5 Å². The minimum atomic E-state index is -0.942. The van der Waals surface area contributed by atoms with Gasteiger partial charge < -0.3 is 14.6 Å². The van der Waals surface area contributed by atoms with E-state index < -0.39 is 5.97 Å². The minimum Gasteiger partial charge on any atom is -0.493 e. The molecule has 0 unspecified atom stereocenters. The maximum Gasteiger partial charge on any atom is 0.336 e. The molecule has 4 nitrogen and oxygen atoms in total. The van der Waals surface area contributed by atoms with Crippen molar-refractivity contribution in [3.05, 3.63) is 48.0 Å². The molecule has 0 saturated heterocycles. The number of carbonyl (C=O) groups is 1. The summed E-state index contributed by atoms with van der Waals surface area (Å²) < 4.78 is 10.6. The first-order valence-corrected chi connectivity index (χ1v) is 6.46. The van der Waals surface area contributed by atoms with Gasteiger partial charge in [0.25, 0.3) is 0 Å². The van der Waals surface area contributed by atoms with Gasteiger partial charge in [0, 0.05) is 0 Å². The fourth-order valence-corrected chi connectivity index (χ4v) is 2.61. The number of hydrogen-bond acceptors (Lipinski definition) is 3. The van der Waals surface area contributed by atoms with E-state index in [-0.39, 0.29) is 5.56 Å². The van der Waals surface area contributed by atoms with Crippen LogP contribution in [0, 0.1) is 0 Å². The average Bonchev–Trinajstić information content (AvgIpc) is 2.52. The molecule has 106 valence electrons. The number of hydrogen-bond donors (Lipinski definition) is 1. The van der Waals surface area contributed by atoms with Gasteiger partial charge in [0.15, 0.2) is 11.5 Å². The highest BCUT2D eigenvalue weighted by molar-refractivity contribution is 6.16. The van der Waals surface area contributed by atoms with Gasteiger partial charge in [0.2, 0.25) is 0 Å². The number of benzene rings is 3. The largest absolute Gasteiger partial charge is 0.493 e. The number of methoxy groups -OCH3 is 2. The Hall–Kier alpha value is -2.75. The van der Waals surface area contributed by atoms with Crippen LogP contribution in [0.3, 0.4) is 0 Å². The van der Waals surface area contributed by atoms with E-state index in [1.54, 1.807) is 26.4 Å². The van der Waals surface area contributed by atoms with E-state index in [1.807, 2.05) is 30.3 Å². The molecule has 0 atom stereocenters. The van der Waals surface area contributed by atoms with Crippen molar-refractivity contribution in [2.75, 3.05) is 14.2 Å². The number of carboxylic acids is 1. The first-order valence-electron chi connectivity index (χ1n) is 6.46. The van der Waals surface area contributed by atoms with E-state index in [2.05, 4.69) is 0 Å². The van der Waals surface area contributed by atoms with Crippen molar-refractivity contribution in [3.8, 4) is 11.5 Å². The topological polar surface area (TPSA) is 55.8 Å². The van der Waals surface area contributed by atoms with Gasteiger partial charge in [-0.1, -0.05) is 24.3 Å². The van der Waals surface area contributed by atoms with Crippen LogP contribution in [0.15, 0.2) is 42.5 Å². The Kier molecular flexibility index (Phi) is 3.14. The molecule has 0 saturated carbocycles. The van der Waals surface area contributed by atoms with Crippen molar-refractivity contribution in [2.45, 2.75) is 0 Å². The Morgan fingerprint density at radius 2 is 1.52 bits per heavy atom. The fraction of sp³-hybridized carbons (Fsp3) is 0.118. The van der Waals surface area contributed by atoms with E-state index >= 15 is 0 Å². The van der Waals surface area contributed by atoms with Crippen LogP contribution in [-0.2, 0) is 0 Å². The summed E-state index contributed by atoms with van der Waals surface area (Å²) in [6.45, 7) is 0. The van der Waals surface area contributed by atoms with E-state index in [4.69, 9.17) is 9.47 Å². The Morgan fingerprint density at radius 3 is 2.14 bits per heavy atom. The van der Waals surface area contributed by atoms with Gasteiger partial charge in [-0.25, -0.2) is 4.79 Å². The Labute approximate surface area is 121 Å². The number of rotatable bonds is 3. The summed E-state index contributed by atoms with van der Waals surface area (Å²) in [6.07, 6.45) is 0. The lowest BCUT2D eigenvalue weighted by atomic mass is 9.97. The summed E-state index contributed by atoms with van der Waals surface area (Å²) >= 11 is 0. The van der Waals surface area contributed by atoms with Crippen molar-refractivity contribution in [1.29, 1.82) is 0 Å². The average molecular weight is 282 g/mol. The van der Waals surface area contributed by atoms with Crippen LogP contribution in [0.1, 0.15) is 10.4 Å². The summed E-state index contributed by atoms with van der Waals surface area (Å²) in [5.41, 5.74) is 0.283. The number of aromatic carboxylic acids is 1. The Balaban J connectivity index is 2.49. The molecule has 0 aromatic heterocycles. The fourth-order valence-electron chi connectivity index (χ4n) is 2.61. The molecular weight excluding hydrogens is 268 g/mol. The molecule has 21 heavy (non-hydrogen) atoms. The molecule has 0 aliphatic carbocycles. The molecule has 3 rings (SSSR count). The van der Waals surface area contributed by atoms with Crippen LogP contribution >= 0.6 is 0 Å². The molecule has 0 heterocycles. The molecule has 0 spiro atoms. The standard InChI is InChI=1S/C17H14O4/c1-20-15-8-10-7-14(17(18)19)12-6-4-3-5-11(12)13(10)9-16(15)21-2/h3-9H,1-2H3,(H,18,19). The van der Waals surface area contributed by atoms with Gasteiger partial charge in [0.05, 0.1) is 19.8 Å². The summed E-state index contributed by atoms with van der Waals surface area (Å²) in [7, 11) is 3.14. The van der Waals surface area contributed by atoms with Crippen LogP contribution < -0.4 is 9.47 Å². The quantitative estimate of drug-likeness (QED) is 0.744. The van der Waals surface area contributed by atoms with Crippen LogP contribution in [-0.4, -0.2) is 25.3 Å². The van der Waals surface area contributed by atoms with E-state index in [0.717, 1.165) is 16.2 Å². The molecule has 0 aliphatic rings. The normalized spacial score (nSPS) is 10.8. The van der Waals surface area contributed by atoms with Gasteiger partial charge in [0.1, 0.15) is 0 Å². The van der Waals surface area contributed by atoms with Crippen molar-refractivity contribution >= 4 is 27.5 Å². The zero-order valence-electron chi connectivity index (χ0n) is 11.7. The molecule has 0 bridgehead atoms. The second kappa shape index (κ2) is 4.98. The maximum atomic E-state index is 11.5. The molecule has 1 N–H and O–H groups in total. The predicted octanol–water partition coefficient (Wildman–Crippen LogP) is 3.71. The maximum absolute atomic E-state index is 11.5. The van der Waals surface area contributed by atoms with Crippen molar-refractivity contribution in [2.24, 2.45) is 0 Å². The van der Waals surface area contributed by atoms with Gasteiger partial charge in [-0.3, -0.25) is 0 Å². The van der Waals surface area contributed by atoms with Gasteiger partial charge in [-0.2, -0.15) is 0 Å². The highest BCUT2D eigenvalue weighted by atomic mass is 16.5. The summed E-state index contributed by atoms with van der Waals surface area (Å²) in [4.78, 5) is 11.5. The third-order valence-corrected chi connectivity index (χ3v) is 3.59.